The number of benzene rings is 1. The second-order valence-electron chi connectivity index (χ2n) is 7.03. The number of nitrogen functional groups attached to an aromatic ring is 1. The van der Waals surface area contributed by atoms with Crippen molar-refractivity contribution in [3.63, 3.8) is 0 Å². The van der Waals surface area contributed by atoms with Gasteiger partial charge in [0.05, 0.1) is 12.6 Å². The van der Waals surface area contributed by atoms with Gasteiger partial charge in [-0.2, -0.15) is 0 Å². The highest BCUT2D eigenvalue weighted by atomic mass is 16.2. The van der Waals surface area contributed by atoms with Gasteiger partial charge in [-0.25, -0.2) is 4.57 Å². The molecule has 0 fully saturated rings. The molecule has 3 N–H and O–H groups in total. The average molecular weight is 400 g/mol. The molecule has 4 aromatic rings. The maximum Gasteiger partial charge on any atom is 0.278 e. The van der Waals surface area contributed by atoms with Crippen LogP contribution in [-0.2, 0) is 6.54 Å². The van der Waals surface area contributed by atoms with Gasteiger partial charge in [0, 0.05) is 6.20 Å². The molecule has 3 heterocycles. The number of carbonyl (C=O) groups excluding carboxylic acids is 1. The van der Waals surface area contributed by atoms with E-state index in [0.29, 0.717) is 23.2 Å². The quantitative estimate of drug-likeness (QED) is 0.306. The molecule has 7 nitrogen and oxygen atoms in total. The molecule has 0 aliphatic rings. The number of fused-ring (bicyclic) bond motifs is 2. The highest BCUT2D eigenvalue weighted by Gasteiger charge is 2.24. The third kappa shape index (κ3) is 3.30. The van der Waals surface area contributed by atoms with E-state index in [-0.39, 0.29) is 28.9 Å². The third-order valence-electron chi connectivity index (χ3n) is 5.06. The van der Waals surface area contributed by atoms with Crippen molar-refractivity contribution in [2.24, 2.45) is 0 Å². The van der Waals surface area contributed by atoms with E-state index in [1.807, 2.05) is 43.3 Å². The summed E-state index contributed by atoms with van der Waals surface area (Å²) in [5.74, 6) is -0.131. The summed E-state index contributed by atoms with van der Waals surface area (Å²) in [5, 5.41) is 3.27. The summed E-state index contributed by atoms with van der Waals surface area (Å²) in [6.45, 7) is 5.97. The number of nitrogens with zero attached hydrogens (tertiary/aromatic N) is 3. The fraction of sp³-hybridized carbons (Fsp3) is 0.130. The molecule has 1 atom stereocenters. The van der Waals surface area contributed by atoms with Crippen molar-refractivity contribution in [2.45, 2.75) is 19.5 Å². The van der Waals surface area contributed by atoms with Gasteiger partial charge in [-0.3, -0.25) is 14.0 Å². The Morgan fingerprint density at radius 1 is 1.27 bits per heavy atom. The highest BCUT2D eigenvalue weighted by molar-refractivity contribution is 6.00. The van der Waals surface area contributed by atoms with Crippen LogP contribution in [0, 0.1) is 0 Å². The summed E-state index contributed by atoms with van der Waals surface area (Å²) < 4.78 is 3.09. The van der Waals surface area contributed by atoms with Crippen molar-refractivity contribution < 1.29 is 9.36 Å². The standard InChI is InChI=1S/C23H21N5O2/c1-3-12-28-20(24)17(22(29)25-15(2)16-9-5-4-6-10-16)14-18-21(28)26-19-11-7-8-13-27(19)23(18)30/h3-11,13-15,24H,1,12H2,2H3,(H,25,29)/p+1/t15-/m0/s1. The lowest BCUT2D eigenvalue weighted by molar-refractivity contribution is -0.648. The lowest BCUT2D eigenvalue weighted by Gasteiger charge is -2.16. The zero-order valence-corrected chi connectivity index (χ0v) is 16.6. The maximum atomic E-state index is 13.1. The number of amides is 1. The second-order valence-corrected chi connectivity index (χ2v) is 7.03. The van der Waals surface area contributed by atoms with E-state index in [9.17, 15) is 9.59 Å². The minimum Gasteiger partial charge on any atom is -0.345 e. The zero-order valence-electron chi connectivity index (χ0n) is 16.6. The van der Waals surface area contributed by atoms with Crippen molar-refractivity contribution in [2.75, 3.05) is 5.73 Å². The van der Waals surface area contributed by atoms with Gasteiger partial charge in [0.2, 0.25) is 11.5 Å². The van der Waals surface area contributed by atoms with Crippen LogP contribution in [-0.4, -0.2) is 15.3 Å². The summed E-state index contributed by atoms with van der Waals surface area (Å²) >= 11 is 0. The van der Waals surface area contributed by atoms with E-state index in [1.165, 1.54) is 10.5 Å². The van der Waals surface area contributed by atoms with E-state index < -0.39 is 0 Å². The van der Waals surface area contributed by atoms with Gasteiger partial charge in [0.15, 0.2) is 0 Å². The first-order chi connectivity index (χ1) is 14.5. The van der Waals surface area contributed by atoms with Crippen molar-refractivity contribution in [1.29, 1.82) is 0 Å². The van der Waals surface area contributed by atoms with Crippen molar-refractivity contribution >= 4 is 28.4 Å². The maximum absolute atomic E-state index is 13.1. The van der Waals surface area contributed by atoms with Crippen LogP contribution in [0.2, 0.25) is 0 Å². The molecule has 4 rings (SSSR count). The molecule has 0 aliphatic carbocycles. The number of carbonyl (C=O) groups is 1. The first kappa shape index (κ1) is 19.3. The van der Waals surface area contributed by atoms with Crippen LogP contribution in [0.5, 0.6) is 0 Å². The Kier molecular flexibility index (Phi) is 5.02. The molecular weight excluding hydrogens is 378 g/mol. The second kappa shape index (κ2) is 7.79. The Morgan fingerprint density at radius 2 is 2.00 bits per heavy atom. The topological polar surface area (TPSA) is 93.4 Å². The van der Waals surface area contributed by atoms with E-state index >= 15 is 0 Å². The molecule has 3 aromatic heterocycles. The van der Waals surface area contributed by atoms with Gasteiger partial charge >= 0.3 is 0 Å². The Bertz CT molecular complexity index is 1330. The van der Waals surface area contributed by atoms with Crippen molar-refractivity contribution in [1.82, 2.24) is 14.7 Å². The number of anilines is 1. The monoisotopic (exact) mass is 400 g/mol. The molecule has 0 bridgehead atoms. The predicted molar refractivity (Wildman–Crippen MR) is 116 cm³/mol. The van der Waals surface area contributed by atoms with E-state index in [4.69, 9.17) is 5.73 Å². The molecule has 30 heavy (non-hydrogen) atoms. The van der Waals surface area contributed by atoms with Crippen LogP contribution in [0.1, 0.15) is 28.9 Å². The number of hydrogen-bond acceptors (Lipinski definition) is 4. The number of nitrogens with two attached hydrogens (primary N) is 1. The lowest BCUT2D eigenvalue weighted by atomic mass is 10.1. The molecular formula is C23H22N5O2+. The molecule has 0 saturated carbocycles. The Morgan fingerprint density at radius 3 is 2.73 bits per heavy atom. The largest absolute Gasteiger partial charge is 0.345 e. The molecule has 0 spiro atoms. The lowest BCUT2D eigenvalue weighted by Crippen LogP contribution is -2.42. The molecule has 0 radical (unpaired) electrons. The van der Waals surface area contributed by atoms with Gasteiger partial charge in [-0.1, -0.05) is 54.0 Å². The zero-order chi connectivity index (χ0) is 21.3. The molecule has 0 saturated heterocycles. The number of rotatable bonds is 5. The summed E-state index contributed by atoms with van der Waals surface area (Å²) in [6.07, 6.45) is 3.30. The number of pyridine rings is 2. The van der Waals surface area contributed by atoms with Crippen LogP contribution in [0.4, 0.5) is 5.82 Å². The first-order valence-corrected chi connectivity index (χ1v) is 9.61. The van der Waals surface area contributed by atoms with Gasteiger partial charge in [-0.05, 0) is 30.7 Å². The average Bonchev–Trinajstić information content (AvgIpc) is 2.76. The van der Waals surface area contributed by atoms with Gasteiger partial charge < -0.3 is 11.1 Å². The van der Waals surface area contributed by atoms with Crippen molar-refractivity contribution in [3.05, 3.63) is 94.9 Å². The van der Waals surface area contributed by atoms with E-state index in [0.717, 1.165) is 5.56 Å². The van der Waals surface area contributed by atoms with Crippen LogP contribution in [0.25, 0.3) is 16.7 Å². The van der Waals surface area contributed by atoms with E-state index in [1.54, 1.807) is 29.0 Å². The smallest absolute Gasteiger partial charge is 0.278 e. The van der Waals surface area contributed by atoms with Gasteiger partial charge in [0.1, 0.15) is 10.9 Å². The Balaban J connectivity index is 1.87. The normalized spacial score (nSPS) is 12.0. The Hall–Kier alpha value is -4.00. The van der Waals surface area contributed by atoms with Crippen LogP contribution in [0.3, 0.4) is 0 Å². The van der Waals surface area contributed by atoms with Crippen LogP contribution >= 0.6 is 0 Å². The molecule has 0 aliphatic heterocycles. The number of hydrogen-bond donors (Lipinski definition) is 2. The summed E-state index contributed by atoms with van der Waals surface area (Å²) in [5.41, 5.74) is 8.19. The number of aromatic nitrogens is 3. The fourth-order valence-corrected chi connectivity index (χ4v) is 3.50. The number of nitrogens with one attached hydrogen (secondary N) is 1. The fourth-order valence-electron chi connectivity index (χ4n) is 3.50. The van der Waals surface area contributed by atoms with Crippen LogP contribution < -0.4 is 21.2 Å². The molecule has 150 valence electrons. The molecule has 1 amide bonds. The minimum atomic E-state index is -0.360. The molecule has 7 heteroatoms. The summed E-state index contributed by atoms with van der Waals surface area (Å²) in [4.78, 5) is 30.7. The number of allylic oxidation sites excluding steroid dienone is 1. The SMILES string of the molecule is C=CC[n+]1c(N)c(C(=O)N[C@@H](C)c2ccccc2)cc2c(=O)n3ccccc3nc21. The molecule has 0 unspecified atom stereocenters. The Labute approximate surface area is 173 Å². The highest BCUT2D eigenvalue weighted by Crippen LogP contribution is 2.17. The molecule has 1 aromatic carbocycles. The van der Waals surface area contributed by atoms with E-state index in [2.05, 4.69) is 16.9 Å². The third-order valence-corrected chi connectivity index (χ3v) is 5.06. The van der Waals surface area contributed by atoms with Crippen molar-refractivity contribution in [3.8, 4) is 0 Å². The van der Waals surface area contributed by atoms with Gasteiger partial charge in [-0.15, -0.1) is 0 Å². The first-order valence-electron chi connectivity index (χ1n) is 9.61. The predicted octanol–water partition coefficient (Wildman–Crippen LogP) is 2.39. The van der Waals surface area contributed by atoms with Gasteiger partial charge in [0.25, 0.3) is 17.1 Å². The minimum absolute atomic E-state index is 0.224. The van der Waals surface area contributed by atoms with Crippen LogP contribution in [0.15, 0.2) is 78.2 Å². The summed E-state index contributed by atoms with van der Waals surface area (Å²) in [6, 6.07) is 16.2. The summed E-state index contributed by atoms with van der Waals surface area (Å²) in [7, 11) is 0.